The zero-order chi connectivity index (χ0) is 15.5. The molecular formula is C15H23N3O2S. The molecule has 2 rings (SSSR count). The molecule has 1 aromatic rings. The predicted molar refractivity (Wildman–Crippen MR) is 84.4 cm³/mol. The molecule has 0 spiro atoms. The first kappa shape index (κ1) is 15.8. The van der Waals surface area contributed by atoms with Crippen molar-refractivity contribution in [3.63, 3.8) is 0 Å². The highest BCUT2D eigenvalue weighted by Gasteiger charge is 2.52. The monoisotopic (exact) mass is 309 g/mol. The van der Waals surface area contributed by atoms with E-state index in [0.717, 1.165) is 17.7 Å². The number of carbonyl (C=O) groups excluding carboxylic acids is 1. The summed E-state index contributed by atoms with van der Waals surface area (Å²) in [6.07, 6.45) is 3.14. The molecule has 116 valence electrons. The summed E-state index contributed by atoms with van der Waals surface area (Å²) < 4.78 is 0. The molecule has 0 saturated heterocycles. The number of amidine groups is 1. The van der Waals surface area contributed by atoms with Gasteiger partial charge in [-0.05, 0) is 36.6 Å². The van der Waals surface area contributed by atoms with Gasteiger partial charge in [0, 0.05) is 4.88 Å². The molecule has 4 N–H and O–H groups in total. The van der Waals surface area contributed by atoms with Crippen LogP contribution in [0.3, 0.4) is 0 Å². The molecule has 1 aliphatic carbocycles. The third-order valence-electron chi connectivity index (χ3n) is 4.20. The third-order valence-corrected chi connectivity index (χ3v) is 5.18. The number of hydrogen-bond acceptors (Lipinski definition) is 4. The van der Waals surface area contributed by atoms with Gasteiger partial charge >= 0.3 is 0 Å². The Morgan fingerprint density at radius 3 is 2.86 bits per heavy atom. The van der Waals surface area contributed by atoms with E-state index in [1.54, 1.807) is 11.3 Å². The number of oxime groups is 1. The van der Waals surface area contributed by atoms with Crippen LogP contribution in [-0.4, -0.2) is 17.0 Å². The minimum atomic E-state index is -0.836. The van der Waals surface area contributed by atoms with Crippen LogP contribution < -0.4 is 11.1 Å². The molecule has 1 amide bonds. The number of rotatable bonds is 6. The first-order valence-electron chi connectivity index (χ1n) is 7.36. The van der Waals surface area contributed by atoms with Gasteiger partial charge in [0.05, 0.1) is 6.04 Å². The second-order valence-electron chi connectivity index (χ2n) is 5.91. The number of nitrogens with two attached hydrogens (primary N) is 1. The van der Waals surface area contributed by atoms with E-state index in [4.69, 9.17) is 10.9 Å². The molecule has 1 aliphatic rings. The fourth-order valence-electron chi connectivity index (χ4n) is 3.10. The topological polar surface area (TPSA) is 87.7 Å². The molecule has 1 saturated carbocycles. The molecule has 1 heterocycles. The number of nitrogens with one attached hydrogen (secondary N) is 1. The summed E-state index contributed by atoms with van der Waals surface area (Å²) in [5.74, 6) is 0.324. The van der Waals surface area contributed by atoms with Crippen LogP contribution in [0.1, 0.15) is 50.4 Å². The summed E-state index contributed by atoms with van der Waals surface area (Å²) >= 11 is 1.64. The summed E-state index contributed by atoms with van der Waals surface area (Å²) in [6, 6.07) is 4.02. The van der Waals surface area contributed by atoms with Crippen molar-refractivity contribution in [3.8, 4) is 0 Å². The Hall–Kier alpha value is -1.56. The molecule has 6 heteroatoms. The standard InChI is InChI=1S/C15H23N3O2S/c1-3-5-11(12-6-4-7-21-12)17-14(19)15(13(16)18-20)8-10(2)9-15/h4,6-7,10-11,20H,3,5,8-9H2,1-2H3,(H2,16,18)(H,17,19). The lowest BCUT2D eigenvalue weighted by Gasteiger charge is -2.44. The normalized spacial score (nSPS) is 27.0. The summed E-state index contributed by atoms with van der Waals surface area (Å²) in [6.45, 7) is 4.16. The fourth-order valence-corrected chi connectivity index (χ4v) is 3.91. The van der Waals surface area contributed by atoms with Gasteiger partial charge in [-0.15, -0.1) is 11.3 Å². The van der Waals surface area contributed by atoms with Crippen LogP contribution in [0.4, 0.5) is 0 Å². The number of carbonyl (C=O) groups is 1. The van der Waals surface area contributed by atoms with Gasteiger partial charge in [-0.25, -0.2) is 0 Å². The summed E-state index contributed by atoms with van der Waals surface area (Å²) in [7, 11) is 0. The van der Waals surface area contributed by atoms with Gasteiger partial charge in [-0.2, -0.15) is 0 Å². The van der Waals surface area contributed by atoms with E-state index in [2.05, 4.69) is 24.3 Å². The molecule has 1 aromatic heterocycles. The van der Waals surface area contributed by atoms with E-state index in [9.17, 15) is 4.79 Å². The fraction of sp³-hybridized carbons (Fsp3) is 0.600. The first-order chi connectivity index (χ1) is 10.0. The van der Waals surface area contributed by atoms with E-state index in [1.165, 1.54) is 0 Å². The van der Waals surface area contributed by atoms with Crippen molar-refractivity contribution in [2.24, 2.45) is 22.2 Å². The van der Waals surface area contributed by atoms with Gasteiger partial charge in [0.15, 0.2) is 5.84 Å². The maximum atomic E-state index is 12.7. The van der Waals surface area contributed by atoms with E-state index in [1.807, 2.05) is 17.5 Å². The van der Waals surface area contributed by atoms with Crippen molar-refractivity contribution in [2.45, 2.75) is 45.6 Å². The van der Waals surface area contributed by atoms with Gasteiger partial charge in [0.25, 0.3) is 0 Å². The average molecular weight is 309 g/mol. The Kier molecular flexibility index (Phi) is 4.88. The number of hydrogen-bond donors (Lipinski definition) is 3. The van der Waals surface area contributed by atoms with Crippen molar-refractivity contribution in [2.75, 3.05) is 0 Å². The molecule has 0 bridgehead atoms. The van der Waals surface area contributed by atoms with E-state index < -0.39 is 5.41 Å². The van der Waals surface area contributed by atoms with Crippen molar-refractivity contribution >= 4 is 23.1 Å². The van der Waals surface area contributed by atoms with Gasteiger partial charge < -0.3 is 16.3 Å². The van der Waals surface area contributed by atoms with Crippen LogP contribution in [0.15, 0.2) is 22.7 Å². The average Bonchev–Trinajstić information content (AvgIpc) is 2.96. The highest BCUT2D eigenvalue weighted by molar-refractivity contribution is 7.10. The molecular weight excluding hydrogens is 286 g/mol. The van der Waals surface area contributed by atoms with Gasteiger partial charge in [-0.3, -0.25) is 4.79 Å². The Bertz CT molecular complexity index is 507. The second-order valence-corrected chi connectivity index (χ2v) is 6.89. The molecule has 0 radical (unpaired) electrons. The van der Waals surface area contributed by atoms with E-state index >= 15 is 0 Å². The summed E-state index contributed by atoms with van der Waals surface area (Å²) in [5, 5.41) is 17.2. The highest BCUT2D eigenvalue weighted by atomic mass is 32.1. The molecule has 5 nitrogen and oxygen atoms in total. The quantitative estimate of drug-likeness (QED) is 0.327. The highest BCUT2D eigenvalue weighted by Crippen LogP contribution is 2.46. The van der Waals surface area contributed by atoms with Crippen molar-refractivity contribution in [1.29, 1.82) is 0 Å². The van der Waals surface area contributed by atoms with Gasteiger partial charge in [0.1, 0.15) is 5.41 Å². The third kappa shape index (κ3) is 3.05. The van der Waals surface area contributed by atoms with E-state index in [-0.39, 0.29) is 17.8 Å². The van der Waals surface area contributed by atoms with Gasteiger partial charge in [0.2, 0.25) is 5.91 Å². The lowest BCUT2D eigenvalue weighted by Crippen LogP contribution is -2.57. The molecule has 1 fully saturated rings. The van der Waals surface area contributed by atoms with Crippen LogP contribution >= 0.6 is 11.3 Å². The molecule has 1 unspecified atom stereocenters. The van der Waals surface area contributed by atoms with Crippen LogP contribution in [0.2, 0.25) is 0 Å². The Balaban J connectivity index is 2.14. The Labute approximate surface area is 129 Å². The van der Waals surface area contributed by atoms with Crippen molar-refractivity contribution in [3.05, 3.63) is 22.4 Å². The van der Waals surface area contributed by atoms with Gasteiger partial charge in [-0.1, -0.05) is 31.5 Å². The van der Waals surface area contributed by atoms with Crippen molar-refractivity contribution < 1.29 is 10.0 Å². The minimum absolute atomic E-state index is 0.00164. The Morgan fingerprint density at radius 2 is 2.38 bits per heavy atom. The lowest BCUT2D eigenvalue weighted by molar-refractivity contribution is -0.134. The maximum absolute atomic E-state index is 12.7. The second kappa shape index (κ2) is 6.47. The molecule has 21 heavy (non-hydrogen) atoms. The van der Waals surface area contributed by atoms with Crippen molar-refractivity contribution in [1.82, 2.24) is 5.32 Å². The SMILES string of the molecule is CCCC(NC(=O)C1(/C(N)=N/O)CC(C)C1)c1cccs1. The molecule has 0 aliphatic heterocycles. The maximum Gasteiger partial charge on any atom is 0.234 e. The Morgan fingerprint density at radius 1 is 1.67 bits per heavy atom. The zero-order valence-corrected chi connectivity index (χ0v) is 13.3. The van der Waals surface area contributed by atoms with E-state index in [0.29, 0.717) is 18.8 Å². The molecule has 1 atom stereocenters. The summed E-state index contributed by atoms with van der Waals surface area (Å²) in [4.78, 5) is 13.8. The lowest BCUT2D eigenvalue weighted by atomic mass is 9.61. The zero-order valence-electron chi connectivity index (χ0n) is 12.5. The largest absolute Gasteiger partial charge is 0.409 e. The number of thiophene rings is 1. The number of amides is 1. The van der Waals surface area contributed by atoms with Crippen LogP contribution in [0, 0.1) is 11.3 Å². The predicted octanol–water partition coefficient (Wildman–Crippen LogP) is 2.87. The summed E-state index contributed by atoms with van der Waals surface area (Å²) in [5.41, 5.74) is 4.95. The van der Waals surface area contributed by atoms with Crippen LogP contribution in [-0.2, 0) is 4.79 Å². The molecule has 0 aromatic carbocycles. The smallest absolute Gasteiger partial charge is 0.234 e. The van der Waals surface area contributed by atoms with Crippen LogP contribution in [0.25, 0.3) is 0 Å². The van der Waals surface area contributed by atoms with Crippen LogP contribution in [0.5, 0.6) is 0 Å². The first-order valence-corrected chi connectivity index (χ1v) is 8.23. The minimum Gasteiger partial charge on any atom is -0.409 e. The number of nitrogens with zero attached hydrogens (tertiary/aromatic N) is 1.